The van der Waals surface area contributed by atoms with Crippen LogP contribution >= 0.6 is 0 Å². The molecule has 3 heteroatoms. The van der Waals surface area contributed by atoms with Crippen LogP contribution in [0.25, 0.3) is 0 Å². The summed E-state index contributed by atoms with van der Waals surface area (Å²) in [5.74, 6) is -0.0811. The standard InChI is InChI=1S/C14H23NO2/c1-6-7-8-13(14(16)17-5)12(3)11(2)9-10-15-4/h6-8,11,15H,3,9-10H2,1-2,4-5H3/b7-6-,13-8+. The Hall–Kier alpha value is -1.35. The fourth-order valence-corrected chi connectivity index (χ4v) is 1.41. The molecule has 0 fully saturated rings. The van der Waals surface area contributed by atoms with Gasteiger partial charge in [-0.1, -0.05) is 25.7 Å². The van der Waals surface area contributed by atoms with Crippen LogP contribution in [0.4, 0.5) is 0 Å². The van der Waals surface area contributed by atoms with E-state index < -0.39 is 0 Å². The molecule has 0 spiro atoms. The molecule has 0 heterocycles. The first-order valence-electron chi connectivity index (χ1n) is 5.83. The Morgan fingerprint density at radius 3 is 2.65 bits per heavy atom. The Labute approximate surface area is 104 Å². The minimum absolute atomic E-state index is 0.248. The Morgan fingerprint density at radius 2 is 2.18 bits per heavy atom. The van der Waals surface area contributed by atoms with Crippen molar-refractivity contribution in [1.82, 2.24) is 5.32 Å². The summed E-state index contributed by atoms with van der Waals surface area (Å²) in [6, 6.07) is 0. The van der Waals surface area contributed by atoms with Gasteiger partial charge in [-0.05, 0) is 44.5 Å². The number of esters is 1. The van der Waals surface area contributed by atoms with Gasteiger partial charge in [0.15, 0.2) is 0 Å². The molecule has 1 N–H and O–H groups in total. The maximum atomic E-state index is 11.6. The van der Waals surface area contributed by atoms with E-state index in [0.29, 0.717) is 5.57 Å². The number of hydrogen-bond acceptors (Lipinski definition) is 3. The number of nitrogens with one attached hydrogen (secondary N) is 1. The molecular weight excluding hydrogens is 214 g/mol. The van der Waals surface area contributed by atoms with Crippen molar-refractivity contribution in [2.75, 3.05) is 20.7 Å². The predicted octanol–water partition coefficient (Wildman–Crippen LogP) is 2.46. The molecule has 0 aromatic carbocycles. The van der Waals surface area contributed by atoms with Gasteiger partial charge in [-0.25, -0.2) is 4.79 Å². The molecular formula is C14H23NO2. The minimum atomic E-state index is -0.329. The summed E-state index contributed by atoms with van der Waals surface area (Å²) >= 11 is 0. The zero-order valence-corrected chi connectivity index (χ0v) is 11.2. The lowest BCUT2D eigenvalue weighted by Crippen LogP contribution is -2.16. The SMILES string of the molecule is C=C(/C(=C\C=C/C)C(=O)OC)C(C)CCNC. The zero-order valence-electron chi connectivity index (χ0n) is 11.2. The third kappa shape index (κ3) is 5.50. The first-order valence-corrected chi connectivity index (χ1v) is 5.83. The Kier molecular flexibility index (Phi) is 8.07. The Morgan fingerprint density at radius 1 is 1.53 bits per heavy atom. The molecule has 0 radical (unpaired) electrons. The normalized spacial score (nSPS) is 13.8. The topological polar surface area (TPSA) is 38.3 Å². The van der Waals surface area contributed by atoms with E-state index >= 15 is 0 Å². The van der Waals surface area contributed by atoms with E-state index in [9.17, 15) is 4.79 Å². The molecule has 0 aliphatic carbocycles. The molecule has 0 rings (SSSR count). The fourth-order valence-electron chi connectivity index (χ4n) is 1.41. The van der Waals surface area contributed by atoms with Gasteiger partial charge in [0.05, 0.1) is 12.7 Å². The molecule has 1 unspecified atom stereocenters. The van der Waals surface area contributed by atoms with E-state index in [1.807, 2.05) is 26.1 Å². The molecule has 96 valence electrons. The fraction of sp³-hybridized carbons (Fsp3) is 0.500. The maximum absolute atomic E-state index is 11.6. The van der Waals surface area contributed by atoms with Crippen molar-refractivity contribution in [2.24, 2.45) is 5.92 Å². The molecule has 0 aromatic heterocycles. The monoisotopic (exact) mass is 237 g/mol. The summed E-state index contributed by atoms with van der Waals surface area (Å²) in [4.78, 5) is 11.6. The average Bonchev–Trinajstić information content (AvgIpc) is 2.35. The number of hydrogen-bond donors (Lipinski definition) is 1. The first-order chi connectivity index (χ1) is 8.08. The molecule has 0 aliphatic rings. The summed E-state index contributed by atoms with van der Waals surface area (Å²) in [7, 11) is 3.30. The van der Waals surface area contributed by atoms with E-state index in [0.717, 1.165) is 18.5 Å². The molecule has 0 saturated heterocycles. The highest BCUT2D eigenvalue weighted by Crippen LogP contribution is 2.21. The second-order valence-electron chi connectivity index (χ2n) is 3.92. The molecule has 3 nitrogen and oxygen atoms in total. The lowest BCUT2D eigenvalue weighted by molar-refractivity contribution is -0.135. The van der Waals surface area contributed by atoms with Crippen molar-refractivity contribution >= 4 is 5.97 Å². The van der Waals surface area contributed by atoms with Gasteiger partial charge < -0.3 is 10.1 Å². The van der Waals surface area contributed by atoms with Crippen molar-refractivity contribution in [3.05, 3.63) is 36.0 Å². The molecule has 1 atom stereocenters. The van der Waals surface area contributed by atoms with Crippen molar-refractivity contribution in [1.29, 1.82) is 0 Å². The lowest BCUT2D eigenvalue weighted by atomic mass is 9.92. The summed E-state index contributed by atoms with van der Waals surface area (Å²) in [6.45, 7) is 8.86. The van der Waals surface area contributed by atoms with Crippen LogP contribution in [0.3, 0.4) is 0 Å². The third-order valence-electron chi connectivity index (χ3n) is 2.63. The van der Waals surface area contributed by atoms with Crippen molar-refractivity contribution < 1.29 is 9.53 Å². The minimum Gasteiger partial charge on any atom is -0.465 e. The molecule has 0 aliphatic heterocycles. The Bertz CT molecular complexity index is 316. The summed E-state index contributed by atoms with van der Waals surface area (Å²) < 4.78 is 4.77. The zero-order chi connectivity index (χ0) is 13.3. The highest BCUT2D eigenvalue weighted by atomic mass is 16.5. The van der Waals surface area contributed by atoms with Crippen molar-refractivity contribution in [3.63, 3.8) is 0 Å². The van der Waals surface area contributed by atoms with Crippen LogP contribution in [-0.4, -0.2) is 26.7 Å². The van der Waals surface area contributed by atoms with Crippen LogP contribution in [0.1, 0.15) is 20.3 Å². The number of methoxy groups -OCH3 is 1. The number of rotatable bonds is 7. The van der Waals surface area contributed by atoms with Gasteiger partial charge in [0.1, 0.15) is 0 Å². The predicted molar refractivity (Wildman–Crippen MR) is 71.8 cm³/mol. The van der Waals surface area contributed by atoms with Crippen LogP contribution in [-0.2, 0) is 9.53 Å². The van der Waals surface area contributed by atoms with E-state index in [2.05, 4.69) is 18.8 Å². The molecule has 0 bridgehead atoms. The molecule has 0 saturated carbocycles. The van der Waals surface area contributed by atoms with Crippen LogP contribution in [0.15, 0.2) is 36.0 Å². The summed E-state index contributed by atoms with van der Waals surface area (Å²) in [5, 5.41) is 3.09. The van der Waals surface area contributed by atoms with Gasteiger partial charge in [0, 0.05) is 0 Å². The summed E-state index contributed by atoms with van der Waals surface area (Å²) in [5.41, 5.74) is 1.37. The number of allylic oxidation sites excluding steroid dienone is 3. The smallest absolute Gasteiger partial charge is 0.338 e. The van der Waals surface area contributed by atoms with Gasteiger partial charge in [-0.3, -0.25) is 0 Å². The quantitative estimate of drug-likeness (QED) is 0.420. The van der Waals surface area contributed by atoms with Gasteiger partial charge in [-0.2, -0.15) is 0 Å². The average molecular weight is 237 g/mol. The van der Waals surface area contributed by atoms with Gasteiger partial charge >= 0.3 is 5.97 Å². The maximum Gasteiger partial charge on any atom is 0.338 e. The Balaban J connectivity index is 4.81. The highest BCUT2D eigenvalue weighted by molar-refractivity contribution is 5.93. The summed E-state index contributed by atoms with van der Waals surface area (Å²) in [6.07, 6.45) is 6.39. The second kappa shape index (κ2) is 8.76. The van der Waals surface area contributed by atoms with Crippen molar-refractivity contribution in [3.8, 4) is 0 Å². The van der Waals surface area contributed by atoms with Crippen LogP contribution in [0, 0.1) is 5.92 Å². The molecule has 17 heavy (non-hydrogen) atoms. The van der Waals surface area contributed by atoms with E-state index in [-0.39, 0.29) is 11.9 Å². The highest BCUT2D eigenvalue weighted by Gasteiger charge is 2.17. The lowest BCUT2D eigenvalue weighted by Gasteiger charge is -2.16. The molecule has 0 amide bonds. The third-order valence-corrected chi connectivity index (χ3v) is 2.63. The van der Waals surface area contributed by atoms with Gasteiger partial charge in [0.25, 0.3) is 0 Å². The number of ether oxygens (including phenoxy) is 1. The van der Waals surface area contributed by atoms with Crippen LogP contribution < -0.4 is 5.32 Å². The molecule has 0 aromatic rings. The van der Waals surface area contributed by atoms with E-state index in [1.165, 1.54) is 7.11 Å². The van der Waals surface area contributed by atoms with Crippen LogP contribution in [0.2, 0.25) is 0 Å². The largest absolute Gasteiger partial charge is 0.465 e. The number of carbonyl (C=O) groups is 1. The first kappa shape index (κ1) is 15.7. The second-order valence-corrected chi connectivity index (χ2v) is 3.92. The van der Waals surface area contributed by atoms with Crippen LogP contribution in [0.5, 0.6) is 0 Å². The van der Waals surface area contributed by atoms with Crippen molar-refractivity contribution in [2.45, 2.75) is 20.3 Å². The number of carbonyl (C=O) groups excluding carboxylic acids is 1. The van der Waals surface area contributed by atoms with E-state index in [1.54, 1.807) is 6.08 Å². The van der Waals surface area contributed by atoms with Gasteiger partial charge in [-0.15, -0.1) is 0 Å². The van der Waals surface area contributed by atoms with Gasteiger partial charge in [0.2, 0.25) is 0 Å². The van der Waals surface area contributed by atoms with E-state index in [4.69, 9.17) is 4.74 Å².